The Hall–Kier alpha value is -3.63. The maximum atomic E-state index is 12.5. The van der Waals surface area contributed by atoms with Gasteiger partial charge in [-0.25, -0.2) is 9.50 Å². The van der Waals surface area contributed by atoms with E-state index in [1.54, 1.807) is 11.9 Å². The summed E-state index contributed by atoms with van der Waals surface area (Å²) in [5, 5.41) is 25.7. The van der Waals surface area contributed by atoms with Crippen LogP contribution in [0.1, 0.15) is 59.8 Å². The number of nitrogens with one attached hydrogen (secondary N) is 1. The van der Waals surface area contributed by atoms with Crippen molar-refractivity contribution in [3.8, 4) is 11.5 Å². The molecule has 4 heterocycles. The molecule has 1 aliphatic heterocycles. The average Bonchev–Trinajstić information content (AvgIpc) is 3.56. The predicted molar refractivity (Wildman–Crippen MR) is 143 cm³/mol. The third-order valence-electron chi connectivity index (χ3n) is 7.42. The first-order valence-electron chi connectivity index (χ1n) is 13.3. The fourth-order valence-corrected chi connectivity index (χ4v) is 5.22. The van der Waals surface area contributed by atoms with E-state index in [0.717, 1.165) is 59.5 Å². The number of amides is 1. The first-order chi connectivity index (χ1) is 18.4. The second kappa shape index (κ2) is 11.0. The van der Waals surface area contributed by atoms with Crippen molar-refractivity contribution >= 4 is 11.6 Å². The Kier molecular flexibility index (Phi) is 7.53. The maximum Gasteiger partial charge on any atom is 0.247 e. The minimum Gasteiger partial charge on any atom is -0.420 e. The van der Waals surface area contributed by atoms with Crippen LogP contribution in [0, 0.1) is 13.8 Å². The number of rotatable bonds is 8. The number of aliphatic hydroxyl groups excluding tert-OH is 1. The van der Waals surface area contributed by atoms with E-state index in [1.807, 2.05) is 23.6 Å². The summed E-state index contributed by atoms with van der Waals surface area (Å²) in [6.45, 7) is 7.19. The number of fused-ring (bicyclic) bond motifs is 1. The molecule has 10 nitrogen and oxygen atoms in total. The van der Waals surface area contributed by atoms with Crippen LogP contribution in [0.3, 0.4) is 0 Å². The minimum absolute atomic E-state index is 0.0732. The third kappa shape index (κ3) is 5.06. The molecule has 0 spiro atoms. The van der Waals surface area contributed by atoms with E-state index in [-0.39, 0.29) is 18.4 Å². The lowest BCUT2D eigenvalue weighted by atomic mass is 9.96. The van der Waals surface area contributed by atoms with Crippen molar-refractivity contribution in [2.24, 2.45) is 0 Å². The molecule has 1 unspecified atom stereocenters. The van der Waals surface area contributed by atoms with Gasteiger partial charge in [0.05, 0.1) is 12.3 Å². The van der Waals surface area contributed by atoms with Gasteiger partial charge < -0.3 is 19.7 Å². The van der Waals surface area contributed by atoms with Crippen molar-refractivity contribution in [2.45, 2.75) is 58.4 Å². The Balaban J connectivity index is 1.27. The lowest BCUT2D eigenvalue weighted by Crippen LogP contribution is -2.49. The Bertz CT molecular complexity index is 1410. The van der Waals surface area contributed by atoms with Gasteiger partial charge in [-0.05, 0) is 63.9 Å². The highest BCUT2D eigenvalue weighted by atomic mass is 16.4. The molecule has 0 radical (unpaired) electrons. The number of hydrogen-bond donors (Lipinski definition) is 2. The lowest BCUT2D eigenvalue weighted by molar-refractivity contribution is -0.135. The quantitative estimate of drug-likeness (QED) is 0.366. The molecule has 1 aromatic carbocycles. The molecule has 5 rings (SSSR count). The number of benzene rings is 1. The summed E-state index contributed by atoms with van der Waals surface area (Å²) >= 11 is 0. The van der Waals surface area contributed by atoms with Crippen LogP contribution in [0.4, 0.5) is 0 Å². The third-order valence-corrected chi connectivity index (χ3v) is 7.42. The van der Waals surface area contributed by atoms with Gasteiger partial charge in [0.1, 0.15) is 6.04 Å². The predicted octanol–water partition coefficient (Wildman–Crippen LogP) is 2.84. The van der Waals surface area contributed by atoms with Crippen molar-refractivity contribution in [3.05, 3.63) is 64.4 Å². The Morgan fingerprint density at radius 1 is 1.18 bits per heavy atom. The molecule has 4 aromatic rings. The maximum absolute atomic E-state index is 12.5. The molecular weight excluding hydrogens is 482 g/mol. The minimum atomic E-state index is -0.560. The van der Waals surface area contributed by atoms with Gasteiger partial charge in [-0.3, -0.25) is 4.79 Å². The Morgan fingerprint density at radius 2 is 1.92 bits per heavy atom. The number of likely N-dealkylation sites (N-methyl/N-ethyl adjacent to an activating group) is 1. The van der Waals surface area contributed by atoms with Crippen LogP contribution < -0.4 is 5.32 Å². The summed E-state index contributed by atoms with van der Waals surface area (Å²) in [5.74, 6) is 1.15. The van der Waals surface area contributed by atoms with Gasteiger partial charge in [0, 0.05) is 47.9 Å². The number of aromatic nitrogens is 5. The second-order valence-electron chi connectivity index (χ2n) is 10.00. The molecule has 1 atom stereocenters. The number of carbonyl (C=O) groups excluding carboxylic acids is 1. The molecule has 1 fully saturated rings. The molecule has 38 heavy (non-hydrogen) atoms. The lowest BCUT2D eigenvalue weighted by Gasteiger charge is -2.32. The van der Waals surface area contributed by atoms with Crippen molar-refractivity contribution in [1.29, 1.82) is 0 Å². The second-order valence-corrected chi connectivity index (χ2v) is 10.00. The highest BCUT2D eigenvalue weighted by Gasteiger charge is 2.30. The number of hydrogen-bond acceptors (Lipinski definition) is 8. The van der Waals surface area contributed by atoms with E-state index < -0.39 is 6.04 Å². The normalized spacial score (nSPS) is 15.3. The van der Waals surface area contributed by atoms with Crippen LogP contribution in [0.5, 0.6) is 0 Å². The van der Waals surface area contributed by atoms with E-state index in [2.05, 4.69) is 47.6 Å². The van der Waals surface area contributed by atoms with Gasteiger partial charge in [-0.2, -0.15) is 5.10 Å². The molecule has 1 saturated heterocycles. The molecule has 0 bridgehead atoms. The molecule has 1 amide bonds. The summed E-state index contributed by atoms with van der Waals surface area (Å²) in [6.07, 6.45) is 3.10. The van der Waals surface area contributed by atoms with Crippen LogP contribution in [-0.4, -0.2) is 73.5 Å². The fourth-order valence-electron chi connectivity index (χ4n) is 5.22. The van der Waals surface area contributed by atoms with Crippen LogP contribution >= 0.6 is 0 Å². The van der Waals surface area contributed by atoms with Gasteiger partial charge in [0.15, 0.2) is 5.65 Å². The molecule has 10 heteroatoms. The number of nitrogens with zero attached hydrogens (tertiary/aromatic N) is 6. The van der Waals surface area contributed by atoms with Gasteiger partial charge in [0.2, 0.25) is 17.7 Å². The molecule has 0 aliphatic carbocycles. The number of carbonyl (C=O) groups is 1. The topological polar surface area (TPSA) is 122 Å². The Morgan fingerprint density at radius 3 is 2.58 bits per heavy atom. The van der Waals surface area contributed by atoms with Crippen molar-refractivity contribution in [1.82, 2.24) is 35.0 Å². The van der Waals surface area contributed by atoms with Gasteiger partial charge >= 0.3 is 0 Å². The fraction of sp³-hybridized carbons (Fsp3) is 0.464. The van der Waals surface area contributed by atoms with Gasteiger partial charge in [0.25, 0.3) is 0 Å². The Labute approximate surface area is 222 Å². The van der Waals surface area contributed by atoms with Crippen LogP contribution in [0.2, 0.25) is 0 Å². The number of likely N-dealkylation sites (tertiary alicyclic amines) is 1. The van der Waals surface area contributed by atoms with E-state index in [1.165, 1.54) is 5.56 Å². The summed E-state index contributed by atoms with van der Waals surface area (Å²) in [4.78, 5) is 19.1. The zero-order valence-corrected chi connectivity index (χ0v) is 22.4. The highest BCUT2D eigenvalue weighted by molar-refractivity contribution is 5.82. The summed E-state index contributed by atoms with van der Waals surface area (Å²) in [6, 6.07) is 9.71. The van der Waals surface area contributed by atoms with Crippen molar-refractivity contribution < 1.29 is 14.3 Å². The molecule has 1 aliphatic rings. The first kappa shape index (κ1) is 26.0. The average molecular weight is 518 g/mol. The van der Waals surface area contributed by atoms with Crippen molar-refractivity contribution in [2.75, 3.05) is 26.7 Å². The number of aliphatic hydroxyl groups is 1. The number of piperidine rings is 1. The van der Waals surface area contributed by atoms with E-state index in [0.29, 0.717) is 24.9 Å². The van der Waals surface area contributed by atoms with Crippen LogP contribution in [-0.2, 0) is 17.6 Å². The van der Waals surface area contributed by atoms with Gasteiger partial charge in [-0.15, -0.1) is 10.2 Å². The monoisotopic (exact) mass is 517 g/mol. The highest BCUT2D eigenvalue weighted by Crippen LogP contribution is 2.30. The molecule has 3 aromatic heterocycles. The summed E-state index contributed by atoms with van der Waals surface area (Å²) < 4.78 is 8.01. The molecular formula is C28H35N7O3. The zero-order chi connectivity index (χ0) is 26.8. The van der Waals surface area contributed by atoms with Crippen LogP contribution in [0.25, 0.3) is 17.1 Å². The largest absolute Gasteiger partial charge is 0.420 e. The van der Waals surface area contributed by atoms with E-state index >= 15 is 0 Å². The zero-order valence-electron chi connectivity index (χ0n) is 22.4. The number of aryl methyl sites for hydroxylation is 3. The van der Waals surface area contributed by atoms with E-state index in [9.17, 15) is 9.90 Å². The summed E-state index contributed by atoms with van der Waals surface area (Å²) in [7, 11) is 1.68. The van der Waals surface area contributed by atoms with E-state index in [4.69, 9.17) is 14.5 Å². The molecule has 200 valence electrons. The molecule has 2 N–H and O–H groups in total. The van der Waals surface area contributed by atoms with Crippen LogP contribution in [0.15, 0.2) is 34.7 Å². The van der Waals surface area contributed by atoms with Crippen molar-refractivity contribution in [3.63, 3.8) is 0 Å². The summed E-state index contributed by atoms with van der Waals surface area (Å²) in [5.41, 5.74) is 7.28. The first-order valence-corrected chi connectivity index (χ1v) is 13.3. The standard InChI is InChI=1S/C28H35N7O3/c1-5-23-22(25-30-17(2)14-18(3)35(25)33-23)15-19-6-8-20(9-7-19)26-31-32-27(38-26)21-10-12-34(13-11-21)28(37)24(16-36)29-4/h6-9,14,21,24,29,36H,5,10-13,15-16H2,1-4H3. The molecule has 0 saturated carbocycles. The smallest absolute Gasteiger partial charge is 0.247 e. The SMILES string of the molecule is CCc1nn2c(C)cc(C)nc2c1Cc1ccc(-c2nnc(C3CCN(C(=O)C(CO)NC)CC3)o2)cc1. The van der Waals surface area contributed by atoms with Gasteiger partial charge in [-0.1, -0.05) is 19.1 Å².